The van der Waals surface area contributed by atoms with E-state index in [1.165, 1.54) is 0 Å². The van der Waals surface area contributed by atoms with Crippen LogP contribution in [-0.4, -0.2) is 52.5 Å². The van der Waals surface area contributed by atoms with Gasteiger partial charge in [-0.2, -0.15) is 0 Å². The number of aliphatic hydroxyl groups excluding tert-OH is 1. The number of nitrogens with zero attached hydrogens (tertiary/aromatic N) is 2. The van der Waals surface area contributed by atoms with Crippen LogP contribution in [0, 0.1) is 0 Å². The van der Waals surface area contributed by atoms with E-state index in [1.807, 2.05) is 17.0 Å². The maximum atomic E-state index is 11.5. The fraction of sp³-hybridized carbons (Fsp3) is 0.562. The molecule has 1 fully saturated rings. The molecule has 1 aliphatic rings. The highest BCUT2D eigenvalue weighted by atomic mass is 35.5. The molecule has 1 atom stereocenters. The summed E-state index contributed by atoms with van der Waals surface area (Å²) in [5.41, 5.74) is 0.723. The van der Waals surface area contributed by atoms with Crippen LogP contribution < -0.4 is 0 Å². The Bertz CT molecular complexity index is 502. The second-order valence-corrected chi connectivity index (χ2v) is 6.70. The molecule has 1 aromatic carbocycles. The van der Waals surface area contributed by atoms with Crippen molar-refractivity contribution in [2.45, 2.75) is 32.4 Å². The number of carbonyl (C=O) groups is 1. The highest BCUT2D eigenvalue weighted by molar-refractivity contribution is 6.30. The van der Waals surface area contributed by atoms with E-state index in [4.69, 9.17) is 11.6 Å². The Kier molecular flexibility index (Phi) is 4.91. The minimum absolute atomic E-state index is 0.112. The zero-order chi connectivity index (χ0) is 15.6. The van der Waals surface area contributed by atoms with Crippen molar-refractivity contribution in [2.75, 3.05) is 26.2 Å². The molecule has 21 heavy (non-hydrogen) atoms. The van der Waals surface area contributed by atoms with Crippen molar-refractivity contribution in [1.29, 1.82) is 0 Å². The monoisotopic (exact) mass is 310 g/mol. The van der Waals surface area contributed by atoms with Gasteiger partial charge in [0.15, 0.2) is 0 Å². The summed E-state index contributed by atoms with van der Waals surface area (Å²) in [5, 5.41) is 11.1. The van der Waals surface area contributed by atoms with Crippen molar-refractivity contribution in [2.24, 2.45) is 0 Å². The molecule has 0 aromatic heterocycles. The van der Waals surface area contributed by atoms with Crippen molar-refractivity contribution in [1.82, 2.24) is 9.80 Å². The minimum atomic E-state index is -0.551. The molecule has 2 rings (SSSR count). The fourth-order valence-corrected chi connectivity index (χ4v) is 2.92. The Morgan fingerprint density at radius 2 is 1.95 bits per heavy atom. The summed E-state index contributed by atoms with van der Waals surface area (Å²) >= 11 is 5.87. The Balaban J connectivity index is 2.02. The van der Waals surface area contributed by atoms with E-state index in [-0.39, 0.29) is 11.4 Å². The molecule has 116 valence electrons. The zero-order valence-corrected chi connectivity index (χ0v) is 13.6. The maximum Gasteiger partial charge on any atom is 0.219 e. The molecule has 0 aliphatic carbocycles. The van der Waals surface area contributed by atoms with E-state index in [1.54, 1.807) is 19.1 Å². The van der Waals surface area contributed by atoms with E-state index >= 15 is 0 Å². The van der Waals surface area contributed by atoms with Crippen LogP contribution in [0.15, 0.2) is 24.3 Å². The molecule has 4 nitrogen and oxygen atoms in total. The number of rotatable bonds is 3. The highest BCUT2D eigenvalue weighted by Gasteiger charge is 2.35. The second kappa shape index (κ2) is 6.34. The van der Waals surface area contributed by atoms with Crippen LogP contribution in [-0.2, 0) is 4.79 Å². The van der Waals surface area contributed by atoms with Crippen LogP contribution in [0.25, 0.3) is 0 Å². The summed E-state index contributed by atoms with van der Waals surface area (Å²) < 4.78 is 0. The molecule has 1 unspecified atom stereocenters. The number of benzene rings is 1. The Hall–Kier alpha value is -1.10. The topological polar surface area (TPSA) is 43.8 Å². The summed E-state index contributed by atoms with van der Waals surface area (Å²) in [6.45, 7) is 8.56. The summed E-state index contributed by atoms with van der Waals surface area (Å²) in [7, 11) is 0. The van der Waals surface area contributed by atoms with Gasteiger partial charge in [0.2, 0.25) is 5.91 Å². The third-order valence-electron chi connectivity index (χ3n) is 4.17. The molecule has 1 aliphatic heterocycles. The van der Waals surface area contributed by atoms with Gasteiger partial charge in [-0.3, -0.25) is 9.69 Å². The van der Waals surface area contributed by atoms with Crippen molar-refractivity contribution in [3.63, 3.8) is 0 Å². The number of halogens is 1. The van der Waals surface area contributed by atoms with Gasteiger partial charge in [-0.15, -0.1) is 0 Å². The van der Waals surface area contributed by atoms with Gasteiger partial charge in [-0.05, 0) is 31.5 Å². The normalized spacial score (nSPS) is 20.3. The first kappa shape index (κ1) is 16.3. The van der Waals surface area contributed by atoms with Gasteiger partial charge in [0.1, 0.15) is 0 Å². The smallest absolute Gasteiger partial charge is 0.219 e. The molecule has 0 spiro atoms. The minimum Gasteiger partial charge on any atom is -0.387 e. The van der Waals surface area contributed by atoms with Crippen molar-refractivity contribution in [3.05, 3.63) is 34.9 Å². The van der Waals surface area contributed by atoms with Crippen LogP contribution in [0.5, 0.6) is 0 Å². The lowest BCUT2D eigenvalue weighted by molar-refractivity contribution is -0.134. The van der Waals surface area contributed by atoms with E-state index in [2.05, 4.69) is 18.7 Å². The summed E-state index contributed by atoms with van der Waals surface area (Å²) in [5.74, 6) is 0.112. The van der Waals surface area contributed by atoms with Gasteiger partial charge in [-0.1, -0.05) is 23.7 Å². The molecule has 0 radical (unpaired) electrons. The van der Waals surface area contributed by atoms with Crippen LogP contribution in [0.1, 0.15) is 32.4 Å². The molecular formula is C16H23ClN2O2. The Labute approximate surface area is 131 Å². The summed E-state index contributed by atoms with van der Waals surface area (Å²) in [4.78, 5) is 15.6. The Morgan fingerprint density at radius 3 is 2.48 bits per heavy atom. The zero-order valence-electron chi connectivity index (χ0n) is 12.8. The molecule has 0 saturated carbocycles. The first-order valence-electron chi connectivity index (χ1n) is 7.24. The van der Waals surface area contributed by atoms with Crippen LogP contribution in [0.4, 0.5) is 0 Å². The van der Waals surface area contributed by atoms with Crippen molar-refractivity contribution < 1.29 is 9.90 Å². The molecule has 5 heteroatoms. The highest BCUT2D eigenvalue weighted by Crippen LogP contribution is 2.25. The molecule has 1 amide bonds. The van der Waals surface area contributed by atoms with Gasteiger partial charge in [0.25, 0.3) is 0 Å². The SMILES string of the molecule is CC(=O)N1CCN(CC(O)c2ccc(Cl)cc2)C(C)(C)C1. The first-order valence-corrected chi connectivity index (χ1v) is 7.61. The summed E-state index contributed by atoms with van der Waals surface area (Å²) in [6, 6.07) is 7.29. The molecule has 1 heterocycles. The number of aliphatic hydroxyl groups is 1. The second-order valence-electron chi connectivity index (χ2n) is 6.27. The van der Waals surface area contributed by atoms with Crippen molar-refractivity contribution in [3.8, 4) is 0 Å². The lowest BCUT2D eigenvalue weighted by Crippen LogP contribution is -2.60. The predicted molar refractivity (Wildman–Crippen MR) is 84.3 cm³/mol. The van der Waals surface area contributed by atoms with Crippen LogP contribution in [0.2, 0.25) is 5.02 Å². The van der Waals surface area contributed by atoms with Gasteiger partial charge >= 0.3 is 0 Å². The van der Waals surface area contributed by atoms with Gasteiger partial charge in [-0.25, -0.2) is 0 Å². The van der Waals surface area contributed by atoms with E-state index in [9.17, 15) is 9.90 Å². The molecule has 1 aromatic rings. The lowest BCUT2D eigenvalue weighted by atomic mass is 9.97. The number of carbonyl (C=O) groups excluding carboxylic acids is 1. The van der Waals surface area contributed by atoms with Crippen molar-refractivity contribution >= 4 is 17.5 Å². The Morgan fingerprint density at radius 1 is 1.33 bits per heavy atom. The number of hydrogen-bond acceptors (Lipinski definition) is 3. The van der Waals surface area contributed by atoms with E-state index < -0.39 is 6.10 Å². The largest absolute Gasteiger partial charge is 0.387 e. The van der Waals surface area contributed by atoms with Crippen LogP contribution >= 0.6 is 11.6 Å². The molecule has 0 bridgehead atoms. The van der Waals surface area contributed by atoms with Gasteiger partial charge < -0.3 is 10.0 Å². The number of hydrogen-bond donors (Lipinski definition) is 1. The average molecular weight is 311 g/mol. The first-order chi connectivity index (χ1) is 9.79. The number of β-amino-alcohol motifs (C(OH)–C–C–N with tert-alkyl or cyclic N) is 1. The fourth-order valence-electron chi connectivity index (χ4n) is 2.80. The molecule has 1 saturated heterocycles. The quantitative estimate of drug-likeness (QED) is 0.932. The van der Waals surface area contributed by atoms with Gasteiger partial charge in [0, 0.05) is 43.7 Å². The van der Waals surface area contributed by atoms with E-state index in [0.717, 1.165) is 12.1 Å². The summed E-state index contributed by atoms with van der Waals surface area (Å²) in [6.07, 6.45) is -0.551. The van der Waals surface area contributed by atoms with E-state index in [0.29, 0.717) is 24.7 Å². The average Bonchev–Trinajstić information content (AvgIpc) is 2.41. The molecule has 1 N–H and O–H groups in total. The predicted octanol–water partition coefficient (Wildman–Crippen LogP) is 2.32. The third-order valence-corrected chi connectivity index (χ3v) is 4.42. The lowest BCUT2D eigenvalue weighted by Gasteiger charge is -2.47. The number of amides is 1. The maximum absolute atomic E-state index is 11.5. The third kappa shape index (κ3) is 3.96. The van der Waals surface area contributed by atoms with Crippen LogP contribution in [0.3, 0.4) is 0 Å². The number of piperazine rings is 1. The standard InChI is InChI=1S/C16H23ClN2O2/c1-12(20)18-8-9-19(16(2,3)11-18)10-15(21)13-4-6-14(17)7-5-13/h4-7,15,21H,8-11H2,1-3H3. The van der Waals surface area contributed by atoms with Gasteiger partial charge in [0.05, 0.1) is 6.10 Å². The molecular weight excluding hydrogens is 288 g/mol.